The van der Waals surface area contributed by atoms with Gasteiger partial charge in [0.1, 0.15) is 5.52 Å². The first-order chi connectivity index (χ1) is 8.88. The van der Waals surface area contributed by atoms with Gasteiger partial charge in [0.05, 0.1) is 6.42 Å². The van der Waals surface area contributed by atoms with Crippen molar-refractivity contribution in [2.75, 3.05) is 11.9 Å². The predicted octanol–water partition coefficient (Wildman–Crippen LogP) is 1.63. The number of aliphatic carboxylic acids is 1. The van der Waals surface area contributed by atoms with Crippen LogP contribution in [0.4, 0.5) is 19.0 Å². The van der Waals surface area contributed by atoms with Gasteiger partial charge in [-0.3, -0.25) is 4.79 Å². The summed E-state index contributed by atoms with van der Waals surface area (Å²) in [6.07, 6.45) is -2.14. The van der Waals surface area contributed by atoms with Gasteiger partial charge in [0.2, 0.25) is 0 Å². The van der Waals surface area contributed by atoms with Gasteiger partial charge in [-0.15, -0.1) is 0 Å². The molecular formula is C10H9F3N4O2. The molecule has 0 amide bonds. The van der Waals surface area contributed by atoms with Crippen LogP contribution in [0.3, 0.4) is 0 Å². The van der Waals surface area contributed by atoms with Crippen molar-refractivity contribution in [2.45, 2.75) is 12.6 Å². The van der Waals surface area contributed by atoms with E-state index in [1.165, 1.54) is 12.4 Å². The quantitative estimate of drug-likeness (QED) is 0.885. The van der Waals surface area contributed by atoms with Gasteiger partial charge in [0, 0.05) is 25.0 Å². The summed E-state index contributed by atoms with van der Waals surface area (Å²) in [5.41, 5.74) is -0.887. The number of nitrogens with zero attached hydrogens (tertiary/aromatic N) is 3. The number of aromatic nitrogens is 3. The molecule has 2 N–H and O–H groups in total. The number of carboxylic acid groups (broad SMARTS) is 1. The zero-order valence-electron chi connectivity index (χ0n) is 9.48. The first-order valence-electron chi connectivity index (χ1n) is 5.25. The van der Waals surface area contributed by atoms with Crippen LogP contribution in [-0.2, 0) is 11.0 Å². The Morgan fingerprint density at radius 3 is 2.84 bits per heavy atom. The molecule has 0 saturated carbocycles. The Bertz CT molecular complexity index is 608. The molecule has 102 valence electrons. The zero-order chi connectivity index (χ0) is 14.0. The van der Waals surface area contributed by atoms with Gasteiger partial charge in [-0.2, -0.15) is 18.3 Å². The van der Waals surface area contributed by atoms with Crippen molar-refractivity contribution in [1.82, 2.24) is 14.6 Å². The second-order valence-electron chi connectivity index (χ2n) is 3.70. The van der Waals surface area contributed by atoms with Crippen LogP contribution in [0.1, 0.15) is 12.1 Å². The summed E-state index contributed by atoms with van der Waals surface area (Å²) in [7, 11) is 0. The first kappa shape index (κ1) is 13.1. The number of hydrogen-bond acceptors (Lipinski definition) is 4. The fourth-order valence-corrected chi connectivity index (χ4v) is 1.48. The van der Waals surface area contributed by atoms with E-state index in [1.54, 1.807) is 0 Å². The molecule has 2 aromatic rings. The average Bonchev–Trinajstić information content (AvgIpc) is 2.72. The molecule has 0 aromatic carbocycles. The Hall–Kier alpha value is -2.32. The molecule has 2 rings (SSSR count). The van der Waals surface area contributed by atoms with Crippen LogP contribution >= 0.6 is 0 Å². The molecule has 0 bridgehead atoms. The van der Waals surface area contributed by atoms with Gasteiger partial charge in [-0.1, -0.05) is 0 Å². The first-order valence-corrected chi connectivity index (χ1v) is 5.25. The molecule has 0 unspecified atom stereocenters. The SMILES string of the molecule is O=C(O)CCNc1nccn2nc(C(F)(F)F)cc12. The lowest BCUT2D eigenvalue weighted by molar-refractivity contribution is -0.141. The molecule has 9 heteroatoms. The third-order valence-electron chi connectivity index (χ3n) is 2.31. The maximum absolute atomic E-state index is 12.5. The molecule has 2 heterocycles. The second-order valence-corrected chi connectivity index (χ2v) is 3.70. The molecule has 0 aliphatic heterocycles. The summed E-state index contributed by atoms with van der Waals surface area (Å²) in [4.78, 5) is 14.2. The summed E-state index contributed by atoms with van der Waals surface area (Å²) in [5, 5.41) is 14.5. The molecule has 2 aromatic heterocycles. The Morgan fingerprint density at radius 1 is 1.47 bits per heavy atom. The smallest absolute Gasteiger partial charge is 0.435 e. The van der Waals surface area contributed by atoms with E-state index in [4.69, 9.17) is 5.11 Å². The highest BCUT2D eigenvalue weighted by atomic mass is 19.4. The summed E-state index contributed by atoms with van der Waals surface area (Å²) in [6.45, 7) is 0.0640. The molecule has 0 aliphatic rings. The van der Waals surface area contributed by atoms with Crippen LogP contribution in [0.15, 0.2) is 18.5 Å². The van der Waals surface area contributed by atoms with E-state index in [-0.39, 0.29) is 24.3 Å². The standard InChI is InChI=1S/C10H9F3N4O2/c11-10(12,13)7-5-6-9(14-2-1-8(18)19)15-3-4-17(6)16-7/h3-5H,1-2H2,(H,14,15)(H,18,19). The maximum Gasteiger partial charge on any atom is 0.435 e. The van der Waals surface area contributed by atoms with Crippen LogP contribution in [0, 0.1) is 0 Å². The van der Waals surface area contributed by atoms with E-state index in [0.717, 1.165) is 10.6 Å². The minimum Gasteiger partial charge on any atom is -0.481 e. The topological polar surface area (TPSA) is 79.5 Å². The van der Waals surface area contributed by atoms with Crippen molar-refractivity contribution < 1.29 is 23.1 Å². The number of anilines is 1. The lowest BCUT2D eigenvalue weighted by Crippen LogP contribution is -2.09. The normalized spacial score (nSPS) is 11.7. The predicted molar refractivity (Wildman–Crippen MR) is 58.7 cm³/mol. The summed E-state index contributed by atoms with van der Waals surface area (Å²) < 4.78 is 38.6. The minimum absolute atomic E-state index is 0.0640. The lowest BCUT2D eigenvalue weighted by atomic mass is 10.3. The molecule has 19 heavy (non-hydrogen) atoms. The van der Waals surface area contributed by atoms with Crippen molar-refractivity contribution in [3.8, 4) is 0 Å². The van der Waals surface area contributed by atoms with E-state index >= 15 is 0 Å². The number of carbonyl (C=O) groups is 1. The molecule has 0 fully saturated rings. The van der Waals surface area contributed by atoms with Gasteiger partial charge >= 0.3 is 12.1 Å². The number of hydrogen-bond donors (Lipinski definition) is 2. The van der Waals surface area contributed by atoms with Gasteiger partial charge in [-0.05, 0) is 0 Å². The molecular weight excluding hydrogens is 265 g/mol. The van der Waals surface area contributed by atoms with Crippen LogP contribution in [0.2, 0.25) is 0 Å². The average molecular weight is 274 g/mol. The van der Waals surface area contributed by atoms with Crippen molar-refractivity contribution >= 4 is 17.3 Å². The third-order valence-corrected chi connectivity index (χ3v) is 2.31. The van der Waals surface area contributed by atoms with E-state index in [2.05, 4.69) is 15.4 Å². The Labute approximate surface area is 104 Å². The summed E-state index contributed by atoms with van der Waals surface area (Å²) in [5.74, 6) is -0.851. The van der Waals surface area contributed by atoms with Crippen molar-refractivity contribution in [3.63, 3.8) is 0 Å². The van der Waals surface area contributed by atoms with E-state index in [1.807, 2.05) is 0 Å². The molecule has 6 nitrogen and oxygen atoms in total. The van der Waals surface area contributed by atoms with Crippen LogP contribution in [-0.4, -0.2) is 32.2 Å². The van der Waals surface area contributed by atoms with Crippen LogP contribution in [0.5, 0.6) is 0 Å². The highest BCUT2D eigenvalue weighted by Crippen LogP contribution is 2.29. The number of carboxylic acids is 1. The lowest BCUT2D eigenvalue weighted by Gasteiger charge is -2.04. The zero-order valence-corrected chi connectivity index (χ0v) is 9.48. The van der Waals surface area contributed by atoms with Crippen LogP contribution in [0.25, 0.3) is 5.52 Å². The Kier molecular flexibility index (Phi) is 3.28. The number of nitrogens with one attached hydrogen (secondary N) is 1. The van der Waals surface area contributed by atoms with Gasteiger partial charge in [0.15, 0.2) is 11.5 Å². The fraction of sp³-hybridized carbons (Fsp3) is 0.300. The molecule has 0 radical (unpaired) electrons. The Morgan fingerprint density at radius 2 is 2.21 bits per heavy atom. The van der Waals surface area contributed by atoms with Gasteiger partial charge in [0.25, 0.3) is 0 Å². The van der Waals surface area contributed by atoms with E-state index in [9.17, 15) is 18.0 Å². The highest BCUT2D eigenvalue weighted by Gasteiger charge is 2.34. The van der Waals surface area contributed by atoms with E-state index in [0.29, 0.717) is 0 Å². The molecule has 0 aliphatic carbocycles. The fourth-order valence-electron chi connectivity index (χ4n) is 1.48. The molecule has 0 spiro atoms. The second kappa shape index (κ2) is 4.75. The Balaban J connectivity index is 2.29. The molecule has 0 saturated heterocycles. The van der Waals surface area contributed by atoms with Crippen molar-refractivity contribution in [2.24, 2.45) is 0 Å². The van der Waals surface area contributed by atoms with Gasteiger partial charge in [-0.25, -0.2) is 9.50 Å². The third kappa shape index (κ3) is 2.92. The summed E-state index contributed by atoms with van der Waals surface area (Å²) in [6, 6.07) is 0.857. The molecule has 0 atom stereocenters. The largest absolute Gasteiger partial charge is 0.481 e. The number of alkyl halides is 3. The van der Waals surface area contributed by atoms with Gasteiger partial charge < -0.3 is 10.4 Å². The number of rotatable bonds is 4. The van der Waals surface area contributed by atoms with Crippen molar-refractivity contribution in [3.05, 3.63) is 24.2 Å². The highest BCUT2D eigenvalue weighted by molar-refractivity contribution is 5.70. The minimum atomic E-state index is -4.54. The van der Waals surface area contributed by atoms with E-state index < -0.39 is 17.8 Å². The monoisotopic (exact) mass is 274 g/mol. The van der Waals surface area contributed by atoms with Crippen LogP contribution < -0.4 is 5.32 Å². The summed E-state index contributed by atoms with van der Waals surface area (Å²) >= 11 is 0. The van der Waals surface area contributed by atoms with Crippen molar-refractivity contribution in [1.29, 1.82) is 0 Å². The number of fused-ring (bicyclic) bond motifs is 1. The number of halogens is 3. The maximum atomic E-state index is 12.5.